The van der Waals surface area contributed by atoms with Crippen LogP contribution in [-0.4, -0.2) is 17.6 Å². The van der Waals surface area contributed by atoms with Crippen molar-refractivity contribution in [3.05, 3.63) is 17.8 Å². The summed E-state index contributed by atoms with van der Waals surface area (Å²) in [7, 11) is 0. The van der Waals surface area contributed by atoms with Crippen LogP contribution in [-0.2, 0) is 0 Å². The minimum atomic E-state index is 0.741. The van der Waals surface area contributed by atoms with E-state index in [2.05, 4.69) is 16.0 Å². The minimum Gasteiger partial charge on any atom is -0.397 e. The molecule has 3 rings (SSSR count). The highest BCUT2D eigenvalue weighted by molar-refractivity contribution is 5.51. The third-order valence-corrected chi connectivity index (χ3v) is 3.82. The van der Waals surface area contributed by atoms with Crippen LogP contribution >= 0.6 is 0 Å². The number of nitrogen functional groups attached to an aromatic ring is 1. The lowest BCUT2D eigenvalue weighted by Gasteiger charge is -2.28. The second-order valence-electron chi connectivity index (χ2n) is 4.83. The summed E-state index contributed by atoms with van der Waals surface area (Å²) in [5.74, 6) is 2.03. The summed E-state index contributed by atoms with van der Waals surface area (Å²) in [6, 6.07) is 4.78. The molecule has 1 aliphatic carbocycles. The second kappa shape index (κ2) is 3.12. The molecule has 80 valence electrons. The molecule has 2 heterocycles. The zero-order valence-electron chi connectivity index (χ0n) is 9.11. The van der Waals surface area contributed by atoms with Crippen molar-refractivity contribution in [3.63, 3.8) is 0 Å². The SMILES string of the molecule is Cc1nc(N2CC3CCC2C3)ccc1N. The van der Waals surface area contributed by atoms with E-state index in [9.17, 15) is 0 Å². The molecule has 3 nitrogen and oxygen atoms in total. The Balaban J connectivity index is 1.90. The Kier molecular flexibility index (Phi) is 1.87. The predicted octanol–water partition coefficient (Wildman–Crippen LogP) is 1.96. The largest absolute Gasteiger partial charge is 0.397 e. The Morgan fingerprint density at radius 2 is 2.27 bits per heavy atom. The summed E-state index contributed by atoms with van der Waals surface area (Å²) in [5.41, 5.74) is 7.53. The fourth-order valence-corrected chi connectivity index (χ4v) is 2.92. The van der Waals surface area contributed by atoms with Crippen molar-refractivity contribution in [1.82, 2.24) is 4.98 Å². The van der Waals surface area contributed by atoms with Gasteiger partial charge in [0.1, 0.15) is 5.82 Å². The number of pyridine rings is 1. The van der Waals surface area contributed by atoms with Gasteiger partial charge in [0.05, 0.1) is 11.4 Å². The highest BCUT2D eigenvalue weighted by Crippen LogP contribution is 2.39. The van der Waals surface area contributed by atoms with E-state index in [0.717, 1.165) is 29.2 Å². The van der Waals surface area contributed by atoms with Crippen molar-refractivity contribution < 1.29 is 0 Å². The molecule has 2 atom stereocenters. The topological polar surface area (TPSA) is 42.2 Å². The van der Waals surface area contributed by atoms with Crippen molar-refractivity contribution >= 4 is 11.5 Å². The molecule has 0 amide bonds. The van der Waals surface area contributed by atoms with E-state index in [0.29, 0.717) is 0 Å². The van der Waals surface area contributed by atoms with Crippen molar-refractivity contribution in [2.45, 2.75) is 32.2 Å². The van der Waals surface area contributed by atoms with Gasteiger partial charge in [-0.3, -0.25) is 0 Å². The maximum Gasteiger partial charge on any atom is 0.129 e. The predicted molar refractivity (Wildman–Crippen MR) is 61.9 cm³/mol. The van der Waals surface area contributed by atoms with Crippen LogP contribution in [0.15, 0.2) is 12.1 Å². The van der Waals surface area contributed by atoms with E-state index < -0.39 is 0 Å². The van der Waals surface area contributed by atoms with Gasteiger partial charge in [0.2, 0.25) is 0 Å². The number of fused-ring (bicyclic) bond motifs is 2. The van der Waals surface area contributed by atoms with Crippen LogP contribution in [0.2, 0.25) is 0 Å². The molecule has 2 bridgehead atoms. The minimum absolute atomic E-state index is 0.741. The Hall–Kier alpha value is -1.25. The number of piperidine rings is 1. The molecule has 2 unspecified atom stereocenters. The molecule has 2 fully saturated rings. The number of nitrogens with two attached hydrogens (primary N) is 1. The third-order valence-electron chi connectivity index (χ3n) is 3.82. The van der Waals surface area contributed by atoms with Gasteiger partial charge in [0, 0.05) is 12.6 Å². The fourth-order valence-electron chi connectivity index (χ4n) is 2.92. The van der Waals surface area contributed by atoms with Crippen LogP contribution in [0.4, 0.5) is 11.5 Å². The number of aromatic nitrogens is 1. The quantitative estimate of drug-likeness (QED) is 0.758. The zero-order valence-corrected chi connectivity index (χ0v) is 9.11. The van der Waals surface area contributed by atoms with E-state index in [1.807, 2.05) is 13.0 Å². The molecule has 3 heteroatoms. The maximum absolute atomic E-state index is 5.78. The molecule has 0 spiro atoms. The van der Waals surface area contributed by atoms with Crippen LogP contribution in [0.3, 0.4) is 0 Å². The van der Waals surface area contributed by atoms with E-state index in [4.69, 9.17) is 5.73 Å². The van der Waals surface area contributed by atoms with Gasteiger partial charge in [-0.15, -0.1) is 0 Å². The molecular formula is C12H17N3. The Labute approximate surface area is 90.3 Å². The number of aryl methyl sites for hydroxylation is 1. The smallest absolute Gasteiger partial charge is 0.129 e. The van der Waals surface area contributed by atoms with Gasteiger partial charge in [-0.05, 0) is 44.2 Å². The lowest BCUT2D eigenvalue weighted by molar-refractivity contribution is 0.550. The molecular weight excluding hydrogens is 186 g/mol. The number of anilines is 2. The lowest BCUT2D eigenvalue weighted by atomic mass is 10.1. The van der Waals surface area contributed by atoms with E-state index in [1.165, 1.54) is 25.8 Å². The molecule has 1 aliphatic heterocycles. The monoisotopic (exact) mass is 203 g/mol. The van der Waals surface area contributed by atoms with Gasteiger partial charge in [0.25, 0.3) is 0 Å². The van der Waals surface area contributed by atoms with Crippen molar-refractivity contribution in [3.8, 4) is 0 Å². The summed E-state index contributed by atoms with van der Waals surface area (Å²) < 4.78 is 0. The highest BCUT2D eigenvalue weighted by atomic mass is 15.2. The zero-order chi connectivity index (χ0) is 10.4. The first-order valence-electron chi connectivity index (χ1n) is 5.74. The summed E-state index contributed by atoms with van der Waals surface area (Å²) in [6.45, 7) is 3.17. The molecule has 1 saturated heterocycles. The van der Waals surface area contributed by atoms with Crippen molar-refractivity contribution in [2.24, 2.45) is 5.92 Å². The lowest BCUT2D eigenvalue weighted by Crippen LogP contribution is -2.32. The average molecular weight is 203 g/mol. The molecule has 1 aromatic rings. The Morgan fingerprint density at radius 1 is 1.40 bits per heavy atom. The van der Waals surface area contributed by atoms with Crippen LogP contribution in [0, 0.1) is 12.8 Å². The van der Waals surface area contributed by atoms with Crippen LogP contribution in [0.5, 0.6) is 0 Å². The normalized spacial score (nSPS) is 28.7. The maximum atomic E-state index is 5.78. The summed E-state index contributed by atoms with van der Waals surface area (Å²) in [6.07, 6.45) is 4.12. The average Bonchev–Trinajstić information content (AvgIpc) is 2.83. The highest BCUT2D eigenvalue weighted by Gasteiger charge is 2.38. The number of rotatable bonds is 1. The van der Waals surface area contributed by atoms with Crippen molar-refractivity contribution in [2.75, 3.05) is 17.2 Å². The molecule has 2 aliphatic rings. The first-order chi connectivity index (χ1) is 7.24. The van der Waals surface area contributed by atoms with Crippen LogP contribution < -0.4 is 10.6 Å². The molecule has 1 saturated carbocycles. The molecule has 0 aromatic carbocycles. The van der Waals surface area contributed by atoms with Gasteiger partial charge >= 0.3 is 0 Å². The third kappa shape index (κ3) is 1.37. The van der Waals surface area contributed by atoms with E-state index in [-0.39, 0.29) is 0 Å². The number of hydrogen-bond acceptors (Lipinski definition) is 3. The van der Waals surface area contributed by atoms with Crippen LogP contribution in [0.25, 0.3) is 0 Å². The van der Waals surface area contributed by atoms with Gasteiger partial charge in [-0.2, -0.15) is 0 Å². The molecule has 2 N–H and O–H groups in total. The first kappa shape index (κ1) is 9.01. The van der Waals surface area contributed by atoms with Gasteiger partial charge in [0.15, 0.2) is 0 Å². The summed E-state index contributed by atoms with van der Waals surface area (Å²) in [5, 5.41) is 0. The number of hydrogen-bond donors (Lipinski definition) is 1. The van der Waals surface area contributed by atoms with Crippen LogP contribution in [0.1, 0.15) is 25.0 Å². The summed E-state index contributed by atoms with van der Waals surface area (Å²) >= 11 is 0. The van der Waals surface area contributed by atoms with Crippen molar-refractivity contribution in [1.29, 1.82) is 0 Å². The summed E-state index contributed by atoms with van der Waals surface area (Å²) in [4.78, 5) is 7.03. The molecule has 1 aromatic heterocycles. The van der Waals surface area contributed by atoms with Gasteiger partial charge in [-0.25, -0.2) is 4.98 Å². The molecule has 15 heavy (non-hydrogen) atoms. The second-order valence-corrected chi connectivity index (χ2v) is 4.83. The fraction of sp³-hybridized carbons (Fsp3) is 0.583. The molecule has 0 radical (unpaired) electrons. The standard InChI is InChI=1S/C12H17N3/c1-8-11(13)4-5-12(14-8)15-7-9-2-3-10(15)6-9/h4-5,9-10H,2-3,6-7,13H2,1H3. The number of nitrogens with zero attached hydrogens (tertiary/aromatic N) is 2. The first-order valence-corrected chi connectivity index (χ1v) is 5.74. The van der Waals surface area contributed by atoms with E-state index in [1.54, 1.807) is 0 Å². The van der Waals surface area contributed by atoms with Gasteiger partial charge in [-0.1, -0.05) is 0 Å². The Bertz CT molecular complexity index is 388. The van der Waals surface area contributed by atoms with Gasteiger partial charge < -0.3 is 10.6 Å². The Morgan fingerprint density at radius 3 is 2.87 bits per heavy atom. The van der Waals surface area contributed by atoms with E-state index >= 15 is 0 Å².